The molecule has 0 bridgehead atoms. The van der Waals surface area contributed by atoms with Crippen molar-refractivity contribution in [1.29, 1.82) is 0 Å². The molecular weight excluding hydrogens is 282 g/mol. The largest absolute Gasteiger partial charge is 0.361 e. The second kappa shape index (κ2) is 6.31. The maximum Gasteiger partial charge on any atom is 0.254 e. The van der Waals surface area contributed by atoms with E-state index in [2.05, 4.69) is 20.5 Å². The van der Waals surface area contributed by atoms with E-state index in [-0.39, 0.29) is 11.9 Å². The first-order valence-corrected chi connectivity index (χ1v) is 7.54. The van der Waals surface area contributed by atoms with Gasteiger partial charge in [-0.25, -0.2) is 0 Å². The number of carbonyl (C=O) groups excluding carboxylic acids is 1. The molecule has 0 radical (unpaired) electrons. The monoisotopic (exact) mass is 303 g/mol. The minimum atomic E-state index is -0.0429. The second-order valence-corrected chi connectivity index (χ2v) is 5.86. The fraction of sp³-hybridized carbons (Fsp3) is 0.533. The molecule has 0 spiro atoms. The molecule has 22 heavy (non-hydrogen) atoms. The first-order valence-electron chi connectivity index (χ1n) is 7.54. The first-order chi connectivity index (χ1) is 10.6. The number of aromatic nitrogens is 3. The predicted octanol–water partition coefficient (Wildman–Crippen LogP) is 1.11. The SMILES string of the molecule is Cc1cc(CN2CCC(NC(=O)c3cnn(C)c3)CC2)no1. The summed E-state index contributed by atoms with van der Waals surface area (Å²) in [6.07, 6.45) is 5.22. The Kier molecular flexibility index (Phi) is 4.24. The summed E-state index contributed by atoms with van der Waals surface area (Å²) in [4.78, 5) is 14.4. The van der Waals surface area contributed by atoms with Crippen molar-refractivity contribution in [3.05, 3.63) is 35.5 Å². The topological polar surface area (TPSA) is 76.2 Å². The number of aryl methyl sites for hydroxylation is 2. The van der Waals surface area contributed by atoms with Crippen LogP contribution in [-0.2, 0) is 13.6 Å². The second-order valence-electron chi connectivity index (χ2n) is 5.86. The molecular formula is C15H21N5O2. The third-order valence-corrected chi connectivity index (χ3v) is 3.95. The van der Waals surface area contributed by atoms with Gasteiger partial charge in [0.1, 0.15) is 5.76 Å². The number of rotatable bonds is 4. The van der Waals surface area contributed by atoms with E-state index in [1.807, 2.05) is 13.0 Å². The van der Waals surface area contributed by atoms with Crippen LogP contribution in [0, 0.1) is 6.92 Å². The Morgan fingerprint density at radius 2 is 2.23 bits per heavy atom. The molecule has 1 aliphatic rings. The van der Waals surface area contributed by atoms with E-state index in [0.717, 1.165) is 43.9 Å². The van der Waals surface area contributed by atoms with Crippen molar-refractivity contribution in [3.8, 4) is 0 Å². The zero-order valence-corrected chi connectivity index (χ0v) is 13.0. The molecule has 2 aromatic rings. The lowest BCUT2D eigenvalue weighted by molar-refractivity contribution is 0.0908. The normalized spacial score (nSPS) is 16.8. The standard InChI is InChI=1S/C15H21N5O2/c1-11-7-14(18-22-11)10-20-5-3-13(4-6-20)17-15(21)12-8-16-19(2)9-12/h7-9,13H,3-6,10H2,1-2H3,(H,17,21). The van der Waals surface area contributed by atoms with Gasteiger partial charge in [0.15, 0.2) is 0 Å². The smallest absolute Gasteiger partial charge is 0.254 e. The van der Waals surface area contributed by atoms with Gasteiger partial charge in [-0.15, -0.1) is 0 Å². The lowest BCUT2D eigenvalue weighted by Crippen LogP contribution is -2.44. The maximum atomic E-state index is 12.1. The average molecular weight is 303 g/mol. The molecule has 3 rings (SSSR count). The molecule has 1 fully saturated rings. The highest BCUT2D eigenvalue weighted by atomic mass is 16.5. The molecule has 0 aromatic carbocycles. The van der Waals surface area contributed by atoms with Crippen LogP contribution in [0.2, 0.25) is 0 Å². The first kappa shape index (κ1) is 14.8. The molecule has 0 aliphatic carbocycles. The van der Waals surface area contributed by atoms with Crippen molar-refractivity contribution >= 4 is 5.91 Å². The number of nitrogens with zero attached hydrogens (tertiary/aromatic N) is 4. The van der Waals surface area contributed by atoms with Crippen molar-refractivity contribution in [2.45, 2.75) is 32.4 Å². The molecule has 0 saturated carbocycles. The summed E-state index contributed by atoms with van der Waals surface area (Å²) < 4.78 is 6.73. The van der Waals surface area contributed by atoms with Gasteiger partial charge >= 0.3 is 0 Å². The van der Waals surface area contributed by atoms with Gasteiger partial charge < -0.3 is 9.84 Å². The summed E-state index contributed by atoms with van der Waals surface area (Å²) >= 11 is 0. The number of likely N-dealkylation sites (tertiary alicyclic amines) is 1. The van der Waals surface area contributed by atoms with Crippen molar-refractivity contribution in [3.63, 3.8) is 0 Å². The van der Waals surface area contributed by atoms with Crippen LogP contribution in [0.5, 0.6) is 0 Å². The van der Waals surface area contributed by atoms with Crippen LogP contribution >= 0.6 is 0 Å². The van der Waals surface area contributed by atoms with E-state index in [1.54, 1.807) is 24.1 Å². The molecule has 0 atom stereocenters. The summed E-state index contributed by atoms with van der Waals surface area (Å²) in [6.45, 7) is 4.60. The van der Waals surface area contributed by atoms with Crippen LogP contribution in [-0.4, -0.2) is 44.9 Å². The highest BCUT2D eigenvalue weighted by Gasteiger charge is 2.22. The van der Waals surface area contributed by atoms with Crippen LogP contribution in [0.3, 0.4) is 0 Å². The molecule has 7 nitrogen and oxygen atoms in total. The summed E-state index contributed by atoms with van der Waals surface area (Å²) in [5, 5.41) is 11.1. The molecule has 118 valence electrons. The van der Waals surface area contributed by atoms with Crippen molar-refractivity contribution < 1.29 is 9.32 Å². The van der Waals surface area contributed by atoms with Gasteiger partial charge in [0.05, 0.1) is 17.5 Å². The number of piperidine rings is 1. The number of nitrogens with one attached hydrogen (secondary N) is 1. The van der Waals surface area contributed by atoms with E-state index >= 15 is 0 Å². The Labute approximate surface area is 129 Å². The van der Waals surface area contributed by atoms with Crippen LogP contribution < -0.4 is 5.32 Å². The fourth-order valence-corrected chi connectivity index (χ4v) is 2.76. The lowest BCUT2D eigenvalue weighted by atomic mass is 10.0. The van der Waals surface area contributed by atoms with Crippen LogP contribution in [0.25, 0.3) is 0 Å². The number of carbonyl (C=O) groups is 1. The summed E-state index contributed by atoms with van der Waals surface area (Å²) in [7, 11) is 1.81. The third kappa shape index (κ3) is 3.54. The Hall–Kier alpha value is -2.15. The minimum absolute atomic E-state index is 0.0429. The Balaban J connectivity index is 1.46. The summed E-state index contributed by atoms with van der Waals surface area (Å²) in [6, 6.07) is 2.19. The van der Waals surface area contributed by atoms with Gasteiger partial charge in [-0.2, -0.15) is 5.10 Å². The number of hydrogen-bond acceptors (Lipinski definition) is 5. The van der Waals surface area contributed by atoms with E-state index < -0.39 is 0 Å². The molecule has 1 saturated heterocycles. The van der Waals surface area contributed by atoms with Crippen molar-refractivity contribution in [2.75, 3.05) is 13.1 Å². The predicted molar refractivity (Wildman–Crippen MR) is 80.2 cm³/mol. The lowest BCUT2D eigenvalue weighted by Gasteiger charge is -2.31. The van der Waals surface area contributed by atoms with Crippen molar-refractivity contribution in [2.24, 2.45) is 7.05 Å². The van der Waals surface area contributed by atoms with Gasteiger partial charge in [-0.05, 0) is 19.8 Å². The third-order valence-electron chi connectivity index (χ3n) is 3.95. The Morgan fingerprint density at radius 3 is 2.82 bits per heavy atom. The highest BCUT2D eigenvalue weighted by molar-refractivity contribution is 5.93. The van der Waals surface area contributed by atoms with E-state index in [0.29, 0.717) is 5.56 Å². The van der Waals surface area contributed by atoms with Gasteiger partial charge in [-0.3, -0.25) is 14.4 Å². The van der Waals surface area contributed by atoms with Crippen LogP contribution in [0.15, 0.2) is 23.0 Å². The van der Waals surface area contributed by atoms with E-state index in [1.165, 1.54) is 0 Å². The fourth-order valence-electron chi connectivity index (χ4n) is 2.76. The van der Waals surface area contributed by atoms with Crippen LogP contribution in [0.4, 0.5) is 0 Å². The Morgan fingerprint density at radius 1 is 1.45 bits per heavy atom. The van der Waals surface area contributed by atoms with Gasteiger partial charge in [-0.1, -0.05) is 5.16 Å². The maximum absolute atomic E-state index is 12.1. The van der Waals surface area contributed by atoms with Gasteiger partial charge in [0.25, 0.3) is 5.91 Å². The Bertz CT molecular complexity index is 640. The summed E-state index contributed by atoms with van der Waals surface area (Å²) in [5.74, 6) is 0.798. The highest BCUT2D eigenvalue weighted by Crippen LogP contribution is 2.14. The molecule has 3 heterocycles. The van der Waals surface area contributed by atoms with Gasteiger partial charge in [0, 0.05) is 45.0 Å². The molecule has 1 amide bonds. The minimum Gasteiger partial charge on any atom is -0.361 e. The molecule has 1 N–H and O–H groups in total. The zero-order chi connectivity index (χ0) is 15.5. The number of hydrogen-bond donors (Lipinski definition) is 1. The van der Waals surface area contributed by atoms with E-state index in [4.69, 9.17) is 4.52 Å². The van der Waals surface area contributed by atoms with Crippen molar-refractivity contribution in [1.82, 2.24) is 25.2 Å². The molecule has 2 aromatic heterocycles. The quantitative estimate of drug-likeness (QED) is 0.915. The summed E-state index contributed by atoms with van der Waals surface area (Å²) in [5.41, 5.74) is 1.58. The molecule has 1 aliphatic heterocycles. The van der Waals surface area contributed by atoms with E-state index in [9.17, 15) is 4.79 Å². The van der Waals surface area contributed by atoms with Gasteiger partial charge in [0.2, 0.25) is 0 Å². The molecule has 7 heteroatoms. The zero-order valence-electron chi connectivity index (χ0n) is 13.0. The average Bonchev–Trinajstić information content (AvgIpc) is 3.10. The number of amides is 1. The van der Waals surface area contributed by atoms with Crippen LogP contribution in [0.1, 0.15) is 34.7 Å². The molecule has 0 unspecified atom stereocenters.